The normalized spacial score (nSPS) is 10.8. The largest absolute Gasteiger partial charge is 0.490 e. The second-order valence-electron chi connectivity index (χ2n) is 5.06. The van der Waals surface area contributed by atoms with Gasteiger partial charge in [-0.3, -0.25) is 4.79 Å². The average Bonchev–Trinajstić information content (AvgIpc) is 3.09. The highest BCUT2D eigenvalue weighted by atomic mass is 32.1. The van der Waals surface area contributed by atoms with Crippen LogP contribution in [0.3, 0.4) is 0 Å². The van der Waals surface area contributed by atoms with Crippen molar-refractivity contribution in [2.75, 3.05) is 5.73 Å². The minimum Gasteiger partial charge on any atom is -0.475 e. The number of nitrogens with one attached hydrogen (secondary N) is 1. The Bertz CT molecular complexity index is 738. The fourth-order valence-electron chi connectivity index (χ4n) is 1.78. The summed E-state index contributed by atoms with van der Waals surface area (Å²) in [6.45, 7) is 4.14. The molecule has 0 atom stereocenters. The molecule has 0 radical (unpaired) electrons. The highest BCUT2D eigenvalue weighted by Gasteiger charge is 2.38. The number of thiazole rings is 1. The zero-order chi connectivity index (χ0) is 19.9. The van der Waals surface area contributed by atoms with E-state index in [2.05, 4.69) is 15.5 Å². The summed E-state index contributed by atoms with van der Waals surface area (Å²) in [6, 6.07) is 0. The number of aryl methyl sites for hydroxylation is 2. The zero-order valence-electron chi connectivity index (χ0n) is 13.9. The summed E-state index contributed by atoms with van der Waals surface area (Å²) in [5.74, 6) is -2.00. The number of anilines is 1. The molecule has 0 fully saturated rings. The van der Waals surface area contributed by atoms with Gasteiger partial charge in [-0.05, 0) is 20.3 Å². The summed E-state index contributed by atoms with van der Waals surface area (Å²) >= 11 is 1.37. The number of rotatable bonds is 5. The predicted molar refractivity (Wildman–Crippen MR) is 86.4 cm³/mol. The van der Waals surface area contributed by atoms with E-state index in [0.717, 1.165) is 22.7 Å². The van der Waals surface area contributed by atoms with Crippen LogP contribution < -0.4 is 11.1 Å². The maximum absolute atomic E-state index is 11.7. The molecule has 0 aliphatic carbocycles. The van der Waals surface area contributed by atoms with Gasteiger partial charge in [0.1, 0.15) is 5.76 Å². The van der Waals surface area contributed by atoms with E-state index in [9.17, 15) is 18.0 Å². The van der Waals surface area contributed by atoms with Gasteiger partial charge in [-0.1, -0.05) is 5.16 Å². The number of nitrogens with zero attached hydrogens (tertiary/aromatic N) is 2. The second kappa shape index (κ2) is 9.17. The number of hydrogen-bond donors (Lipinski definition) is 3. The van der Waals surface area contributed by atoms with Crippen molar-refractivity contribution in [2.45, 2.75) is 39.4 Å². The van der Waals surface area contributed by atoms with E-state index in [0.29, 0.717) is 24.5 Å². The van der Waals surface area contributed by atoms with Crippen LogP contribution >= 0.6 is 11.3 Å². The number of halogens is 3. The van der Waals surface area contributed by atoms with Crippen molar-refractivity contribution in [1.29, 1.82) is 0 Å². The number of carboxylic acids is 1. The molecule has 0 saturated carbocycles. The summed E-state index contributed by atoms with van der Waals surface area (Å²) in [6.07, 6.45) is -4.05. The maximum Gasteiger partial charge on any atom is 0.490 e. The molecule has 0 unspecified atom stereocenters. The third-order valence-electron chi connectivity index (χ3n) is 3.06. The summed E-state index contributed by atoms with van der Waals surface area (Å²) in [5.41, 5.74) is 8.16. The van der Waals surface area contributed by atoms with Gasteiger partial charge in [0.15, 0.2) is 5.13 Å². The van der Waals surface area contributed by atoms with Gasteiger partial charge in [-0.2, -0.15) is 13.2 Å². The number of aromatic nitrogens is 2. The Morgan fingerprint density at radius 1 is 1.38 bits per heavy atom. The number of carboxylic acid groups (broad SMARTS) is 1. The lowest BCUT2D eigenvalue weighted by atomic mass is 10.1. The van der Waals surface area contributed by atoms with Gasteiger partial charge in [0.2, 0.25) is 5.91 Å². The Morgan fingerprint density at radius 2 is 2.00 bits per heavy atom. The van der Waals surface area contributed by atoms with Gasteiger partial charge in [-0.15, -0.1) is 11.3 Å². The first-order valence-electron chi connectivity index (χ1n) is 7.19. The van der Waals surface area contributed by atoms with E-state index in [1.54, 1.807) is 0 Å². The van der Waals surface area contributed by atoms with Crippen LogP contribution in [0.15, 0.2) is 9.90 Å². The van der Waals surface area contributed by atoms with Gasteiger partial charge in [0, 0.05) is 17.4 Å². The molecule has 8 nitrogen and oxygen atoms in total. The molecule has 144 valence electrons. The van der Waals surface area contributed by atoms with Crippen LogP contribution in [0.2, 0.25) is 0 Å². The lowest BCUT2D eigenvalue weighted by Crippen LogP contribution is -2.23. The van der Waals surface area contributed by atoms with Crippen LogP contribution in [0.4, 0.5) is 18.3 Å². The zero-order valence-corrected chi connectivity index (χ0v) is 14.7. The molecule has 0 bridgehead atoms. The molecule has 0 aliphatic rings. The van der Waals surface area contributed by atoms with Gasteiger partial charge >= 0.3 is 12.1 Å². The second-order valence-corrected chi connectivity index (χ2v) is 5.95. The van der Waals surface area contributed by atoms with Crippen molar-refractivity contribution in [1.82, 2.24) is 15.5 Å². The van der Waals surface area contributed by atoms with Crippen LogP contribution in [-0.2, 0) is 22.6 Å². The van der Waals surface area contributed by atoms with Crippen LogP contribution in [0.5, 0.6) is 0 Å². The molecule has 0 aliphatic heterocycles. The van der Waals surface area contributed by atoms with Gasteiger partial charge in [-0.25, -0.2) is 9.78 Å². The fourth-order valence-corrected chi connectivity index (χ4v) is 2.34. The minimum atomic E-state index is -5.08. The third-order valence-corrected chi connectivity index (χ3v) is 3.78. The monoisotopic (exact) mass is 394 g/mol. The van der Waals surface area contributed by atoms with E-state index in [1.165, 1.54) is 11.3 Å². The maximum atomic E-state index is 11.7. The lowest BCUT2D eigenvalue weighted by molar-refractivity contribution is -0.192. The molecular weight excluding hydrogens is 377 g/mol. The van der Waals surface area contributed by atoms with Crippen LogP contribution in [0.25, 0.3) is 0 Å². The average molecular weight is 394 g/mol. The Labute approximate surface area is 150 Å². The van der Waals surface area contributed by atoms with E-state index < -0.39 is 12.1 Å². The Hall–Kier alpha value is -2.63. The number of amides is 1. The van der Waals surface area contributed by atoms with Crippen molar-refractivity contribution in [3.05, 3.63) is 28.1 Å². The Morgan fingerprint density at radius 3 is 2.42 bits per heavy atom. The number of carbonyl (C=O) groups excluding carboxylic acids is 1. The summed E-state index contributed by atoms with van der Waals surface area (Å²) in [5, 5.41) is 16.1. The summed E-state index contributed by atoms with van der Waals surface area (Å²) < 4.78 is 36.8. The van der Waals surface area contributed by atoms with E-state index in [4.69, 9.17) is 20.2 Å². The molecule has 26 heavy (non-hydrogen) atoms. The van der Waals surface area contributed by atoms with E-state index in [1.807, 2.05) is 19.2 Å². The first kappa shape index (κ1) is 21.4. The van der Waals surface area contributed by atoms with Crippen LogP contribution in [0, 0.1) is 13.8 Å². The number of hydrogen-bond acceptors (Lipinski definition) is 7. The van der Waals surface area contributed by atoms with Crippen LogP contribution in [0.1, 0.15) is 29.1 Å². The highest BCUT2D eigenvalue weighted by Crippen LogP contribution is 2.15. The molecule has 2 rings (SSSR count). The van der Waals surface area contributed by atoms with E-state index >= 15 is 0 Å². The number of nitrogens with two attached hydrogens (primary N) is 1. The molecule has 0 spiro atoms. The molecule has 2 aromatic rings. The summed E-state index contributed by atoms with van der Waals surface area (Å²) in [4.78, 5) is 24.7. The lowest BCUT2D eigenvalue weighted by Gasteiger charge is -2.03. The van der Waals surface area contributed by atoms with Crippen molar-refractivity contribution in [3.8, 4) is 0 Å². The Balaban J connectivity index is 0.000000412. The van der Waals surface area contributed by atoms with Crippen molar-refractivity contribution >= 4 is 28.3 Å². The number of nitrogen functional groups attached to an aromatic ring is 1. The Kier molecular flexibility index (Phi) is 7.56. The molecule has 12 heteroatoms. The first-order chi connectivity index (χ1) is 12.0. The fraction of sp³-hybridized carbons (Fsp3) is 0.429. The molecule has 1 amide bonds. The third kappa shape index (κ3) is 7.09. The minimum absolute atomic E-state index is 0.0217. The number of alkyl halides is 3. The smallest absolute Gasteiger partial charge is 0.475 e. The van der Waals surface area contributed by atoms with Gasteiger partial charge in [0.25, 0.3) is 0 Å². The molecule has 0 aromatic carbocycles. The van der Waals surface area contributed by atoms with Crippen LogP contribution in [-0.4, -0.2) is 33.3 Å². The topological polar surface area (TPSA) is 131 Å². The van der Waals surface area contributed by atoms with Gasteiger partial charge in [0.05, 0.1) is 17.9 Å². The van der Waals surface area contributed by atoms with Crippen molar-refractivity contribution in [3.63, 3.8) is 0 Å². The molecule has 0 saturated heterocycles. The molecule has 4 N–H and O–H groups in total. The molecule has 2 aromatic heterocycles. The highest BCUT2D eigenvalue weighted by molar-refractivity contribution is 7.13. The first-order valence-corrected chi connectivity index (χ1v) is 8.07. The number of aliphatic carboxylic acids is 1. The molecular formula is C14H17F3N4O4S. The number of carbonyl (C=O) groups is 2. The predicted octanol–water partition coefficient (Wildman–Crippen LogP) is 2.21. The standard InChI is InChI=1S/C12H16N4O2S.C2HF3O2/c1-7-10(8(2)18-16-7)3-4-11(17)14-5-9-6-19-12(13)15-9;3-2(4,5)1(6)7/h6H,3-5H2,1-2H3,(H2,13,15)(H,14,17);(H,6,7). The van der Waals surface area contributed by atoms with Crippen molar-refractivity contribution < 1.29 is 32.4 Å². The molecule has 2 heterocycles. The SMILES string of the molecule is Cc1noc(C)c1CCC(=O)NCc1csc(N)n1.O=C(O)C(F)(F)F. The summed E-state index contributed by atoms with van der Waals surface area (Å²) in [7, 11) is 0. The quantitative estimate of drug-likeness (QED) is 0.708. The van der Waals surface area contributed by atoms with E-state index in [-0.39, 0.29) is 5.91 Å². The van der Waals surface area contributed by atoms with Crippen molar-refractivity contribution in [2.24, 2.45) is 0 Å². The van der Waals surface area contributed by atoms with Gasteiger partial charge < -0.3 is 20.7 Å².